The Bertz CT molecular complexity index is 451. The van der Waals surface area contributed by atoms with Crippen molar-refractivity contribution in [3.8, 4) is 11.5 Å². The molecule has 2 rings (SSSR count). The Balaban J connectivity index is 1.92. The van der Waals surface area contributed by atoms with Crippen LogP contribution in [0, 0.1) is 0 Å². The third-order valence-corrected chi connectivity index (χ3v) is 3.16. The first-order valence-corrected chi connectivity index (χ1v) is 6.60. The molecule has 106 valence electrons. The zero-order valence-corrected chi connectivity index (χ0v) is 11.6. The van der Waals surface area contributed by atoms with Crippen LogP contribution in [-0.4, -0.2) is 25.9 Å². The van der Waals surface area contributed by atoms with Crippen LogP contribution in [-0.2, 0) is 6.54 Å². The molecule has 19 heavy (non-hydrogen) atoms. The van der Waals surface area contributed by atoms with Gasteiger partial charge in [-0.1, -0.05) is 0 Å². The number of hydrogen-bond acceptors (Lipinski definition) is 3. The van der Waals surface area contributed by atoms with E-state index in [9.17, 15) is 13.2 Å². The molecule has 1 aromatic rings. The average Bonchev–Trinajstić information content (AvgIpc) is 2.34. The second-order valence-electron chi connectivity index (χ2n) is 4.14. The van der Waals surface area contributed by atoms with E-state index in [0.29, 0.717) is 31.3 Å². The number of fused-ring (bicyclic) bond motifs is 1. The standard InChI is InChI=1S/C12H13BrF3NO2/c13-9-5-8(7-17-2-1-12(14,15)16)6-10-11(9)19-4-3-18-10/h5-6,17H,1-4,7H2. The summed E-state index contributed by atoms with van der Waals surface area (Å²) in [5.74, 6) is 1.26. The zero-order valence-electron chi connectivity index (χ0n) is 10.0. The molecule has 3 nitrogen and oxygen atoms in total. The Morgan fingerprint density at radius 1 is 1.21 bits per heavy atom. The fraction of sp³-hybridized carbons (Fsp3) is 0.500. The maximum atomic E-state index is 12.0. The Hall–Kier alpha value is -0.950. The van der Waals surface area contributed by atoms with Gasteiger partial charge in [-0.15, -0.1) is 0 Å². The van der Waals surface area contributed by atoms with Gasteiger partial charge < -0.3 is 14.8 Å². The molecule has 0 atom stereocenters. The summed E-state index contributed by atoms with van der Waals surface area (Å²) in [6.07, 6.45) is -4.96. The lowest BCUT2D eigenvalue weighted by Crippen LogP contribution is -2.21. The summed E-state index contributed by atoms with van der Waals surface area (Å²) in [6.45, 7) is 1.22. The summed E-state index contributed by atoms with van der Waals surface area (Å²) in [6, 6.07) is 3.59. The van der Waals surface area contributed by atoms with Gasteiger partial charge in [0.05, 0.1) is 10.9 Å². The second-order valence-corrected chi connectivity index (χ2v) is 5.00. The average molecular weight is 340 g/mol. The fourth-order valence-corrected chi connectivity index (χ4v) is 2.33. The van der Waals surface area contributed by atoms with Crippen molar-refractivity contribution in [2.75, 3.05) is 19.8 Å². The monoisotopic (exact) mass is 339 g/mol. The van der Waals surface area contributed by atoms with Crippen LogP contribution in [0.1, 0.15) is 12.0 Å². The van der Waals surface area contributed by atoms with Crippen molar-refractivity contribution in [1.82, 2.24) is 5.32 Å². The molecule has 1 aliphatic heterocycles. The number of rotatable bonds is 4. The molecule has 1 N–H and O–H groups in total. The normalized spacial score (nSPS) is 14.5. The first-order valence-electron chi connectivity index (χ1n) is 5.81. The van der Waals surface area contributed by atoms with E-state index in [0.717, 1.165) is 10.0 Å². The molecular formula is C12H13BrF3NO2. The number of halogens is 4. The van der Waals surface area contributed by atoms with E-state index in [1.54, 1.807) is 6.07 Å². The van der Waals surface area contributed by atoms with Crippen molar-refractivity contribution in [1.29, 1.82) is 0 Å². The van der Waals surface area contributed by atoms with E-state index >= 15 is 0 Å². The Morgan fingerprint density at radius 3 is 2.68 bits per heavy atom. The van der Waals surface area contributed by atoms with Crippen LogP contribution in [0.3, 0.4) is 0 Å². The van der Waals surface area contributed by atoms with Gasteiger partial charge in [-0.05, 0) is 33.6 Å². The number of alkyl halides is 3. The van der Waals surface area contributed by atoms with Gasteiger partial charge in [-0.2, -0.15) is 13.2 Å². The Kier molecular flexibility index (Phi) is 4.57. The molecule has 1 aliphatic rings. The van der Waals surface area contributed by atoms with Crippen molar-refractivity contribution in [2.24, 2.45) is 0 Å². The molecule has 0 bridgehead atoms. The maximum Gasteiger partial charge on any atom is 0.390 e. The number of ether oxygens (including phenoxy) is 2. The van der Waals surface area contributed by atoms with Gasteiger partial charge in [0, 0.05) is 13.1 Å². The molecule has 0 spiro atoms. The Morgan fingerprint density at radius 2 is 1.95 bits per heavy atom. The summed E-state index contributed by atoms with van der Waals surface area (Å²) in [4.78, 5) is 0. The summed E-state index contributed by atoms with van der Waals surface area (Å²) in [5.41, 5.74) is 0.846. The highest BCUT2D eigenvalue weighted by Crippen LogP contribution is 2.38. The minimum Gasteiger partial charge on any atom is -0.486 e. The van der Waals surface area contributed by atoms with Gasteiger partial charge in [0.1, 0.15) is 13.2 Å². The van der Waals surface area contributed by atoms with Gasteiger partial charge in [-0.3, -0.25) is 0 Å². The van der Waals surface area contributed by atoms with Crippen LogP contribution in [0.25, 0.3) is 0 Å². The molecular weight excluding hydrogens is 327 g/mol. The zero-order chi connectivity index (χ0) is 13.9. The molecule has 0 unspecified atom stereocenters. The van der Waals surface area contributed by atoms with Crippen LogP contribution < -0.4 is 14.8 Å². The molecule has 1 heterocycles. The first-order chi connectivity index (χ1) is 8.96. The van der Waals surface area contributed by atoms with E-state index in [4.69, 9.17) is 9.47 Å². The minimum absolute atomic E-state index is 0.102. The van der Waals surface area contributed by atoms with Crippen molar-refractivity contribution >= 4 is 15.9 Å². The molecule has 0 aromatic heterocycles. The van der Waals surface area contributed by atoms with Gasteiger partial charge in [-0.25, -0.2) is 0 Å². The quantitative estimate of drug-likeness (QED) is 0.854. The van der Waals surface area contributed by atoms with E-state index in [1.165, 1.54) is 0 Å². The van der Waals surface area contributed by atoms with Crippen molar-refractivity contribution < 1.29 is 22.6 Å². The van der Waals surface area contributed by atoms with Gasteiger partial charge in [0.2, 0.25) is 0 Å². The number of hydrogen-bond donors (Lipinski definition) is 1. The number of nitrogens with one attached hydrogen (secondary N) is 1. The lowest BCUT2D eigenvalue weighted by Gasteiger charge is -2.20. The predicted molar refractivity (Wildman–Crippen MR) is 67.5 cm³/mol. The predicted octanol–water partition coefficient (Wildman–Crippen LogP) is 3.26. The first kappa shape index (κ1) is 14.5. The van der Waals surface area contributed by atoms with Crippen LogP contribution in [0.2, 0.25) is 0 Å². The summed E-state index contributed by atoms with van der Waals surface area (Å²) >= 11 is 3.36. The summed E-state index contributed by atoms with van der Waals surface area (Å²) in [7, 11) is 0. The summed E-state index contributed by atoms with van der Waals surface area (Å²) < 4.78 is 47.6. The van der Waals surface area contributed by atoms with Crippen LogP contribution in [0.15, 0.2) is 16.6 Å². The minimum atomic E-state index is -4.12. The van der Waals surface area contributed by atoms with E-state index < -0.39 is 12.6 Å². The van der Waals surface area contributed by atoms with Crippen molar-refractivity contribution in [2.45, 2.75) is 19.1 Å². The smallest absolute Gasteiger partial charge is 0.390 e. The molecule has 0 fully saturated rings. The van der Waals surface area contributed by atoms with Crippen LogP contribution in [0.5, 0.6) is 11.5 Å². The van der Waals surface area contributed by atoms with E-state index in [1.807, 2.05) is 6.07 Å². The largest absolute Gasteiger partial charge is 0.486 e. The maximum absolute atomic E-state index is 12.0. The molecule has 0 radical (unpaired) electrons. The Labute approximate surface area is 117 Å². The van der Waals surface area contributed by atoms with E-state index in [2.05, 4.69) is 21.2 Å². The van der Waals surface area contributed by atoms with E-state index in [-0.39, 0.29) is 6.54 Å². The van der Waals surface area contributed by atoms with Crippen molar-refractivity contribution in [3.63, 3.8) is 0 Å². The summed E-state index contributed by atoms with van der Waals surface area (Å²) in [5, 5.41) is 2.76. The highest BCUT2D eigenvalue weighted by Gasteiger charge is 2.26. The fourth-order valence-electron chi connectivity index (χ4n) is 1.73. The SMILES string of the molecule is FC(F)(F)CCNCc1cc(Br)c2c(c1)OCCO2. The highest BCUT2D eigenvalue weighted by molar-refractivity contribution is 9.10. The lowest BCUT2D eigenvalue weighted by molar-refractivity contribution is -0.133. The van der Waals surface area contributed by atoms with Gasteiger partial charge in [0.25, 0.3) is 0 Å². The molecule has 0 saturated carbocycles. The molecule has 0 aliphatic carbocycles. The van der Waals surface area contributed by atoms with Crippen LogP contribution >= 0.6 is 15.9 Å². The van der Waals surface area contributed by atoms with Gasteiger partial charge in [0.15, 0.2) is 11.5 Å². The topological polar surface area (TPSA) is 30.5 Å². The third kappa shape index (κ3) is 4.28. The molecule has 1 aromatic carbocycles. The molecule has 0 amide bonds. The second kappa shape index (κ2) is 6.00. The lowest BCUT2D eigenvalue weighted by atomic mass is 10.2. The third-order valence-electron chi connectivity index (χ3n) is 2.57. The van der Waals surface area contributed by atoms with Crippen LogP contribution in [0.4, 0.5) is 13.2 Å². The highest BCUT2D eigenvalue weighted by atomic mass is 79.9. The number of benzene rings is 1. The van der Waals surface area contributed by atoms with Crippen molar-refractivity contribution in [3.05, 3.63) is 22.2 Å². The molecule has 7 heteroatoms. The van der Waals surface area contributed by atoms with Gasteiger partial charge >= 0.3 is 6.18 Å². The molecule has 0 saturated heterocycles.